The molecule has 2 aliphatic rings. The molecule has 1 aromatic rings. The van der Waals surface area contributed by atoms with Crippen LogP contribution in [0.15, 0.2) is 29.2 Å². The monoisotopic (exact) mass is 381 g/mol. The molecule has 1 saturated carbocycles. The lowest BCUT2D eigenvalue weighted by molar-refractivity contribution is 0.0923. The molecule has 1 saturated heterocycles. The molecule has 3 rings (SSSR count). The van der Waals surface area contributed by atoms with E-state index in [0.717, 1.165) is 38.6 Å². The molecule has 2 fully saturated rings. The van der Waals surface area contributed by atoms with Gasteiger partial charge in [-0.25, -0.2) is 13.1 Å². The lowest BCUT2D eigenvalue weighted by atomic mass is 10.0. The first kappa shape index (κ1) is 19.3. The van der Waals surface area contributed by atoms with Crippen LogP contribution in [0.5, 0.6) is 0 Å². The fourth-order valence-corrected chi connectivity index (χ4v) is 4.34. The van der Waals surface area contributed by atoms with Crippen LogP contribution in [-0.2, 0) is 10.0 Å². The zero-order valence-corrected chi connectivity index (χ0v) is 15.7. The van der Waals surface area contributed by atoms with Gasteiger partial charge < -0.3 is 10.4 Å². The highest BCUT2D eigenvalue weighted by molar-refractivity contribution is 7.89. The van der Waals surface area contributed by atoms with E-state index in [1.54, 1.807) is 12.1 Å². The van der Waals surface area contributed by atoms with Crippen molar-refractivity contribution in [1.29, 1.82) is 0 Å². The summed E-state index contributed by atoms with van der Waals surface area (Å²) in [6, 6.07) is 6.46. The second kappa shape index (κ2) is 8.47. The van der Waals surface area contributed by atoms with E-state index < -0.39 is 10.0 Å². The Balaban J connectivity index is 1.58. The van der Waals surface area contributed by atoms with Gasteiger partial charge in [-0.15, -0.1) is 0 Å². The minimum Gasteiger partial charge on any atom is -0.395 e. The Morgan fingerprint density at radius 3 is 2.77 bits per heavy atom. The van der Waals surface area contributed by atoms with Crippen LogP contribution >= 0.6 is 0 Å². The molecule has 7 nitrogen and oxygen atoms in total. The second-order valence-electron chi connectivity index (χ2n) is 7.04. The SMILES string of the molecule is O=C(NC1CC1)c1cccc(S(=O)(=O)NCCN2CCCC[C@H]2CO)c1. The van der Waals surface area contributed by atoms with Gasteiger partial charge in [0.15, 0.2) is 0 Å². The van der Waals surface area contributed by atoms with E-state index in [2.05, 4.69) is 14.9 Å². The normalized spacial score (nSPS) is 21.5. The van der Waals surface area contributed by atoms with Gasteiger partial charge in [-0.1, -0.05) is 12.5 Å². The first-order chi connectivity index (χ1) is 12.5. The average Bonchev–Trinajstić information content (AvgIpc) is 3.46. The molecule has 8 heteroatoms. The summed E-state index contributed by atoms with van der Waals surface area (Å²) in [6.07, 6.45) is 5.08. The van der Waals surface area contributed by atoms with E-state index in [-0.39, 0.29) is 36.0 Å². The summed E-state index contributed by atoms with van der Waals surface area (Å²) in [4.78, 5) is 14.3. The number of aliphatic hydroxyl groups is 1. The first-order valence-corrected chi connectivity index (χ1v) is 10.7. The third kappa shape index (κ3) is 5.03. The number of carbonyl (C=O) groups is 1. The minimum absolute atomic E-state index is 0.0956. The van der Waals surface area contributed by atoms with Gasteiger partial charge in [-0.05, 0) is 50.4 Å². The van der Waals surface area contributed by atoms with Crippen molar-refractivity contribution in [2.24, 2.45) is 0 Å². The molecule has 0 radical (unpaired) electrons. The number of sulfonamides is 1. The summed E-state index contributed by atoms with van der Waals surface area (Å²) in [7, 11) is -3.67. The lowest BCUT2D eigenvalue weighted by Gasteiger charge is -2.34. The van der Waals surface area contributed by atoms with Gasteiger partial charge in [0.2, 0.25) is 10.0 Å². The number of hydrogen-bond acceptors (Lipinski definition) is 5. The Hall–Kier alpha value is -1.48. The smallest absolute Gasteiger partial charge is 0.251 e. The van der Waals surface area contributed by atoms with Crippen LogP contribution in [0.3, 0.4) is 0 Å². The molecule has 1 heterocycles. The number of benzene rings is 1. The first-order valence-electron chi connectivity index (χ1n) is 9.25. The van der Waals surface area contributed by atoms with Crippen molar-refractivity contribution in [3.63, 3.8) is 0 Å². The van der Waals surface area contributed by atoms with E-state index >= 15 is 0 Å². The molecule has 0 spiro atoms. The molecule has 1 aliphatic heterocycles. The maximum atomic E-state index is 12.5. The number of rotatable bonds is 8. The largest absolute Gasteiger partial charge is 0.395 e. The van der Waals surface area contributed by atoms with Crippen LogP contribution < -0.4 is 10.0 Å². The summed E-state index contributed by atoms with van der Waals surface area (Å²) in [5, 5.41) is 12.3. The van der Waals surface area contributed by atoms with Crippen molar-refractivity contribution in [3.05, 3.63) is 29.8 Å². The summed E-state index contributed by atoms with van der Waals surface area (Å²) in [6.45, 7) is 1.82. The van der Waals surface area contributed by atoms with Gasteiger partial charge in [0.25, 0.3) is 5.91 Å². The van der Waals surface area contributed by atoms with Gasteiger partial charge in [0.1, 0.15) is 0 Å². The molecule has 1 atom stereocenters. The summed E-state index contributed by atoms with van der Waals surface area (Å²) in [5.41, 5.74) is 0.358. The molecule has 144 valence electrons. The van der Waals surface area contributed by atoms with E-state index in [4.69, 9.17) is 0 Å². The molecular weight excluding hydrogens is 354 g/mol. The van der Waals surface area contributed by atoms with Crippen molar-refractivity contribution in [2.75, 3.05) is 26.2 Å². The van der Waals surface area contributed by atoms with E-state index in [1.807, 2.05) is 0 Å². The number of piperidine rings is 1. The van der Waals surface area contributed by atoms with Crippen LogP contribution in [-0.4, -0.2) is 62.7 Å². The maximum absolute atomic E-state index is 12.5. The topological polar surface area (TPSA) is 98.7 Å². The molecule has 0 bridgehead atoms. The van der Waals surface area contributed by atoms with Crippen molar-refractivity contribution in [1.82, 2.24) is 14.9 Å². The van der Waals surface area contributed by atoms with E-state index in [0.29, 0.717) is 12.1 Å². The number of aliphatic hydroxyl groups excluding tert-OH is 1. The molecule has 0 aromatic heterocycles. The van der Waals surface area contributed by atoms with Gasteiger partial charge >= 0.3 is 0 Å². The zero-order valence-electron chi connectivity index (χ0n) is 14.9. The number of nitrogens with one attached hydrogen (secondary N) is 2. The van der Waals surface area contributed by atoms with Crippen LogP contribution in [0.1, 0.15) is 42.5 Å². The molecule has 1 aromatic carbocycles. The molecular formula is C18H27N3O4S. The van der Waals surface area contributed by atoms with Crippen LogP contribution in [0.2, 0.25) is 0 Å². The molecule has 1 aliphatic carbocycles. The number of amides is 1. The van der Waals surface area contributed by atoms with E-state index in [1.165, 1.54) is 12.1 Å². The van der Waals surface area contributed by atoms with Gasteiger partial charge in [-0.2, -0.15) is 0 Å². The number of hydrogen-bond donors (Lipinski definition) is 3. The highest BCUT2D eigenvalue weighted by Gasteiger charge is 2.25. The molecule has 1 amide bonds. The predicted octanol–water partition coefficient (Wildman–Crippen LogP) is 0.704. The Morgan fingerprint density at radius 1 is 1.23 bits per heavy atom. The Bertz CT molecular complexity index is 734. The Labute approximate surface area is 154 Å². The fraction of sp³-hybridized carbons (Fsp3) is 0.611. The minimum atomic E-state index is -3.67. The average molecular weight is 381 g/mol. The summed E-state index contributed by atoms with van der Waals surface area (Å²) >= 11 is 0. The Morgan fingerprint density at radius 2 is 2.04 bits per heavy atom. The Kier molecular flexibility index (Phi) is 6.29. The van der Waals surface area contributed by atoms with Crippen molar-refractivity contribution >= 4 is 15.9 Å². The van der Waals surface area contributed by atoms with Crippen LogP contribution in [0.25, 0.3) is 0 Å². The quantitative estimate of drug-likeness (QED) is 0.616. The highest BCUT2D eigenvalue weighted by Crippen LogP contribution is 2.20. The standard InChI is InChI=1S/C18H27N3O4S/c22-13-16-5-1-2-10-21(16)11-9-19-26(24,25)17-6-3-4-14(12-17)18(23)20-15-7-8-15/h3-4,6,12,15-16,19,22H,1-2,5,7-11,13H2,(H,20,23)/t16-/m0/s1. The molecule has 0 unspecified atom stereocenters. The fourth-order valence-electron chi connectivity index (χ4n) is 3.27. The van der Waals surface area contributed by atoms with Crippen molar-refractivity contribution < 1.29 is 18.3 Å². The maximum Gasteiger partial charge on any atom is 0.251 e. The van der Waals surface area contributed by atoms with E-state index in [9.17, 15) is 18.3 Å². The number of likely N-dealkylation sites (tertiary alicyclic amines) is 1. The number of carbonyl (C=O) groups excluding carboxylic acids is 1. The number of nitrogens with zero attached hydrogens (tertiary/aromatic N) is 1. The lowest BCUT2D eigenvalue weighted by Crippen LogP contribution is -2.45. The second-order valence-corrected chi connectivity index (χ2v) is 8.81. The van der Waals surface area contributed by atoms with Crippen molar-refractivity contribution in [3.8, 4) is 0 Å². The van der Waals surface area contributed by atoms with Crippen LogP contribution in [0.4, 0.5) is 0 Å². The molecule has 3 N–H and O–H groups in total. The highest BCUT2D eigenvalue weighted by atomic mass is 32.2. The molecule has 26 heavy (non-hydrogen) atoms. The predicted molar refractivity (Wildman–Crippen MR) is 98.4 cm³/mol. The zero-order chi connectivity index (χ0) is 18.6. The third-order valence-electron chi connectivity index (χ3n) is 4.97. The summed E-state index contributed by atoms with van der Waals surface area (Å²) < 4.78 is 27.7. The summed E-state index contributed by atoms with van der Waals surface area (Å²) in [5.74, 6) is -0.233. The van der Waals surface area contributed by atoms with Crippen molar-refractivity contribution in [2.45, 2.75) is 49.1 Å². The van der Waals surface area contributed by atoms with Gasteiger partial charge in [0, 0.05) is 30.7 Å². The third-order valence-corrected chi connectivity index (χ3v) is 6.43. The van der Waals surface area contributed by atoms with Crippen LogP contribution in [0, 0.1) is 0 Å². The van der Waals surface area contributed by atoms with Gasteiger partial charge in [0.05, 0.1) is 11.5 Å². The van der Waals surface area contributed by atoms with Gasteiger partial charge in [-0.3, -0.25) is 9.69 Å².